The summed E-state index contributed by atoms with van der Waals surface area (Å²) < 4.78 is 5.39. The van der Waals surface area contributed by atoms with E-state index in [1.807, 2.05) is 32.0 Å². The summed E-state index contributed by atoms with van der Waals surface area (Å²) in [7, 11) is 0. The number of fused-ring (bicyclic) bond motifs is 1. The first-order valence-corrected chi connectivity index (χ1v) is 9.90. The van der Waals surface area contributed by atoms with Crippen LogP contribution in [0, 0.1) is 5.41 Å². The van der Waals surface area contributed by atoms with E-state index in [0.29, 0.717) is 6.54 Å². The lowest BCUT2D eigenvalue weighted by atomic mass is 9.81. The van der Waals surface area contributed by atoms with Gasteiger partial charge < -0.3 is 20.8 Å². The van der Waals surface area contributed by atoms with Crippen LogP contribution in [0.4, 0.5) is 5.69 Å². The number of aromatic nitrogens is 2. The number of carbonyl (C=O) groups excluding carboxylic acids is 1. The van der Waals surface area contributed by atoms with Crippen LogP contribution < -0.4 is 11.1 Å². The van der Waals surface area contributed by atoms with Gasteiger partial charge in [0.2, 0.25) is 5.91 Å². The molecule has 1 aromatic heterocycles. The van der Waals surface area contributed by atoms with Crippen molar-refractivity contribution >= 4 is 22.6 Å². The van der Waals surface area contributed by atoms with Crippen LogP contribution in [0.3, 0.4) is 0 Å². The Kier molecular flexibility index (Phi) is 6.46. The van der Waals surface area contributed by atoms with E-state index in [1.54, 1.807) is 0 Å². The molecule has 2 heterocycles. The van der Waals surface area contributed by atoms with Gasteiger partial charge >= 0.3 is 0 Å². The third kappa shape index (κ3) is 4.48. The minimum Gasteiger partial charge on any atom is -0.379 e. The predicted molar refractivity (Wildman–Crippen MR) is 108 cm³/mol. The van der Waals surface area contributed by atoms with Crippen LogP contribution in [0.15, 0.2) is 18.2 Å². The van der Waals surface area contributed by atoms with Crippen molar-refractivity contribution in [2.75, 3.05) is 44.7 Å². The second-order valence-electron chi connectivity index (χ2n) is 7.27. The molecule has 0 aliphatic carbocycles. The van der Waals surface area contributed by atoms with Crippen molar-refractivity contribution in [1.29, 1.82) is 0 Å². The zero-order valence-corrected chi connectivity index (χ0v) is 16.4. The molecule has 27 heavy (non-hydrogen) atoms. The quantitative estimate of drug-likeness (QED) is 0.659. The maximum atomic E-state index is 12.7. The van der Waals surface area contributed by atoms with E-state index >= 15 is 0 Å². The largest absolute Gasteiger partial charge is 0.379 e. The van der Waals surface area contributed by atoms with Gasteiger partial charge in [0.05, 0.1) is 29.7 Å². The van der Waals surface area contributed by atoms with Crippen LogP contribution in [0.2, 0.25) is 0 Å². The van der Waals surface area contributed by atoms with Crippen LogP contribution in [0.5, 0.6) is 0 Å². The number of amides is 1. The number of nitrogens with two attached hydrogens (primary N) is 1. The molecular weight excluding hydrogens is 342 g/mol. The number of hydrogen-bond donors (Lipinski definition) is 3. The summed E-state index contributed by atoms with van der Waals surface area (Å²) in [6.07, 6.45) is 2.33. The lowest BCUT2D eigenvalue weighted by molar-refractivity contribution is -0.125. The van der Waals surface area contributed by atoms with Crippen molar-refractivity contribution < 1.29 is 9.53 Å². The Labute approximate surface area is 160 Å². The summed E-state index contributed by atoms with van der Waals surface area (Å²) in [5.74, 6) is 0.958. The molecule has 7 heteroatoms. The smallest absolute Gasteiger partial charge is 0.231 e. The summed E-state index contributed by atoms with van der Waals surface area (Å²) in [4.78, 5) is 23.2. The maximum Gasteiger partial charge on any atom is 0.231 e. The maximum absolute atomic E-state index is 12.7. The van der Waals surface area contributed by atoms with Crippen LogP contribution in [-0.4, -0.2) is 60.2 Å². The first-order chi connectivity index (χ1) is 13.1. The van der Waals surface area contributed by atoms with Crippen LogP contribution in [-0.2, 0) is 16.0 Å². The Morgan fingerprint density at radius 2 is 2.07 bits per heavy atom. The molecule has 0 saturated carbocycles. The monoisotopic (exact) mass is 373 g/mol. The van der Waals surface area contributed by atoms with E-state index in [0.717, 1.165) is 74.7 Å². The molecule has 1 fully saturated rings. The molecule has 1 amide bonds. The predicted octanol–water partition coefficient (Wildman–Crippen LogP) is 2.14. The number of nitrogens with zero attached hydrogens (tertiary/aromatic N) is 2. The molecule has 1 aliphatic rings. The molecule has 1 aliphatic heterocycles. The van der Waals surface area contributed by atoms with Crippen LogP contribution in [0.25, 0.3) is 11.0 Å². The zero-order valence-electron chi connectivity index (χ0n) is 16.4. The van der Waals surface area contributed by atoms with Crippen molar-refractivity contribution in [3.05, 3.63) is 24.0 Å². The summed E-state index contributed by atoms with van der Waals surface area (Å²) in [6, 6.07) is 5.80. The number of morpholine rings is 1. The van der Waals surface area contributed by atoms with Gasteiger partial charge in [-0.3, -0.25) is 9.69 Å². The molecule has 148 valence electrons. The van der Waals surface area contributed by atoms with Crippen molar-refractivity contribution in [2.24, 2.45) is 11.1 Å². The normalized spacial score (nSPS) is 16.0. The van der Waals surface area contributed by atoms with Gasteiger partial charge in [-0.2, -0.15) is 0 Å². The van der Waals surface area contributed by atoms with Gasteiger partial charge in [0, 0.05) is 38.3 Å². The fourth-order valence-corrected chi connectivity index (χ4v) is 3.56. The zero-order chi connectivity index (χ0) is 19.3. The summed E-state index contributed by atoms with van der Waals surface area (Å²) >= 11 is 0. The molecule has 1 saturated heterocycles. The molecule has 0 spiro atoms. The molecule has 2 aromatic rings. The average Bonchev–Trinajstić information content (AvgIpc) is 3.11. The van der Waals surface area contributed by atoms with Gasteiger partial charge in [0.1, 0.15) is 5.82 Å². The highest BCUT2D eigenvalue weighted by Crippen LogP contribution is 2.27. The highest BCUT2D eigenvalue weighted by Gasteiger charge is 2.33. The standard InChI is InChI=1S/C20H31N5O2/c1-3-20(4-2,14-21)19(26)22-15-5-6-16-17(13-15)24-18(23-16)7-8-25-9-11-27-12-10-25/h5-6,13H,3-4,7-12,14,21H2,1-2H3,(H,22,26)(H,23,24). The SMILES string of the molecule is CCC(CC)(CN)C(=O)Nc1ccc2nc(CCN3CCOCC3)[nH]c2c1. The van der Waals surface area contributed by atoms with Crippen molar-refractivity contribution in [3.8, 4) is 0 Å². The third-order valence-corrected chi connectivity index (χ3v) is 5.78. The number of aromatic amines is 1. The Bertz CT molecular complexity index is 755. The molecule has 3 rings (SSSR count). The fraction of sp³-hybridized carbons (Fsp3) is 0.600. The van der Waals surface area contributed by atoms with E-state index < -0.39 is 5.41 Å². The van der Waals surface area contributed by atoms with Crippen LogP contribution >= 0.6 is 0 Å². The highest BCUT2D eigenvalue weighted by atomic mass is 16.5. The third-order valence-electron chi connectivity index (χ3n) is 5.78. The Morgan fingerprint density at radius 3 is 2.74 bits per heavy atom. The van der Waals surface area contributed by atoms with E-state index in [2.05, 4.69) is 20.2 Å². The van der Waals surface area contributed by atoms with Gasteiger partial charge in [-0.05, 0) is 31.0 Å². The number of imidazole rings is 1. The molecule has 7 nitrogen and oxygen atoms in total. The average molecular weight is 374 g/mol. The van der Waals surface area contributed by atoms with E-state index in [-0.39, 0.29) is 5.91 Å². The molecule has 0 radical (unpaired) electrons. The number of nitrogens with one attached hydrogen (secondary N) is 2. The Hall–Kier alpha value is -1.96. The number of H-pyrrole nitrogens is 1. The van der Waals surface area contributed by atoms with Gasteiger partial charge in [-0.15, -0.1) is 0 Å². The number of ether oxygens (including phenoxy) is 1. The molecule has 0 bridgehead atoms. The highest BCUT2D eigenvalue weighted by molar-refractivity contribution is 5.97. The van der Waals surface area contributed by atoms with Gasteiger partial charge in [0.25, 0.3) is 0 Å². The first kappa shape index (κ1) is 19.8. The number of rotatable bonds is 8. The molecule has 0 atom stereocenters. The number of anilines is 1. The van der Waals surface area contributed by atoms with Crippen molar-refractivity contribution in [1.82, 2.24) is 14.9 Å². The van der Waals surface area contributed by atoms with E-state index in [1.165, 1.54) is 0 Å². The first-order valence-electron chi connectivity index (χ1n) is 9.90. The summed E-state index contributed by atoms with van der Waals surface area (Å²) in [5, 5.41) is 3.03. The van der Waals surface area contributed by atoms with Crippen LogP contribution in [0.1, 0.15) is 32.5 Å². The Balaban J connectivity index is 1.67. The second kappa shape index (κ2) is 8.82. The van der Waals surface area contributed by atoms with E-state index in [9.17, 15) is 4.79 Å². The number of carbonyl (C=O) groups is 1. The van der Waals surface area contributed by atoms with Crippen molar-refractivity contribution in [3.63, 3.8) is 0 Å². The summed E-state index contributed by atoms with van der Waals surface area (Å²) in [5.41, 5.74) is 8.01. The van der Waals surface area contributed by atoms with Gasteiger partial charge in [0.15, 0.2) is 0 Å². The van der Waals surface area contributed by atoms with Gasteiger partial charge in [-0.1, -0.05) is 13.8 Å². The number of hydrogen-bond acceptors (Lipinski definition) is 5. The molecule has 1 aromatic carbocycles. The van der Waals surface area contributed by atoms with Crippen molar-refractivity contribution in [2.45, 2.75) is 33.1 Å². The summed E-state index contributed by atoms with van der Waals surface area (Å²) in [6.45, 7) is 8.92. The lowest BCUT2D eigenvalue weighted by Crippen LogP contribution is -2.41. The molecule has 0 unspecified atom stereocenters. The number of benzene rings is 1. The fourth-order valence-electron chi connectivity index (χ4n) is 3.56. The van der Waals surface area contributed by atoms with Gasteiger partial charge in [-0.25, -0.2) is 4.98 Å². The minimum atomic E-state index is -0.508. The molecular formula is C20H31N5O2. The minimum absolute atomic E-state index is 0.0126. The lowest BCUT2D eigenvalue weighted by Gasteiger charge is -2.28. The second-order valence-corrected chi connectivity index (χ2v) is 7.27. The molecule has 4 N–H and O–H groups in total. The van der Waals surface area contributed by atoms with E-state index in [4.69, 9.17) is 10.5 Å². The Morgan fingerprint density at radius 1 is 1.33 bits per heavy atom. The topological polar surface area (TPSA) is 96.3 Å².